The fourth-order valence-corrected chi connectivity index (χ4v) is 7.73. The number of nitrogens with zero attached hydrogens (tertiary/aromatic N) is 4. The molecular formula is C47H49N5O8. The smallest absolute Gasteiger partial charge is 0.260 e. The highest BCUT2D eigenvalue weighted by Gasteiger charge is 2.35. The molecular weight excluding hydrogens is 763 g/mol. The third-order valence-corrected chi connectivity index (χ3v) is 11.0. The largest absolute Gasteiger partial charge is 0.497 e. The molecule has 0 spiro atoms. The maximum atomic E-state index is 13.8. The van der Waals surface area contributed by atoms with Crippen LogP contribution >= 0.6 is 0 Å². The fourth-order valence-electron chi connectivity index (χ4n) is 7.73. The van der Waals surface area contributed by atoms with E-state index in [1.807, 2.05) is 73.4 Å². The third-order valence-electron chi connectivity index (χ3n) is 11.0. The first-order chi connectivity index (χ1) is 29.4. The average molecular weight is 812 g/mol. The molecule has 2 N–H and O–H groups in total. The zero-order valence-corrected chi connectivity index (χ0v) is 34.1. The molecule has 2 atom stereocenters. The van der Waals surface area contributed by atoms with Crippen LogP contribution in [0.25, 0.3) is 11.1 Å². The summed E-state index contributed by atoms with van der Waals surface area (Å²) >= 11 is 0. The van der Waals surface area contributed by atoms with Gasteiger partial charge < -0.3 is 44.0 Å². The number of benzene rings is 4. The van der Waals surface area contributed by atoms with Gasteiger partial charge in [-0.3, -0.25) is 19.6 Å². The number of methoxy groups -OCH3 is 3. The lowest BCUT2D eigenvalue weighted by Crippen LogP contribution is -2.32. The van der Waals surface area contributed by atoms with Gasteiger partial charge in [-0.2, -0.15) is 0 Å². The van der Waals surface area contributed by atoms with Crippen molar-refractivity contribution < 1.29 is 38.0 Å². The number of hydrogen-bond donors (Lipinski definition) is 1. The molecule has 0 fully saturated rings. The Bertz CT molecular complexity index is 2350. The molecule has 4 aromatic rings. The van der Waals surface area contributed by atoms with Gasteiger partial charge in [-0.15, -0.1) is 0 Å². The Kier molecular flexibility index (Phi) is 12.1. The van der Waals surface area contributed by atoms with E-state index in [9.17, 15) is 9.59 Å². The van der Waals surface area contributed by atoms with Crippen molar-refractivity contribution in [1.29, 1.82) is 0 Å². The summed E-state index contributed by atoms with van der Waals surface area (Å²) in [5.41, 5.74) is 11.8. The van der Waals surface area contributed by atoms with Crippen LogP contribution in [0.2, 0.25) is 0 Å². The van der Waals surface area contributed by atoms with E-state index < -0.39 is 0 Å². The monoisotopic (exact) mass is 811 g/mol. The standard InChI is InChI=1S/C47H49N5O8/c1-55-36-12-8-30(9-13-36)32-20-34-26-49-40-24-44(42(56-2)22-38(40)46(53)51(34)28-32)59-17-5-4-6-18-60-45-25-41-39(23-43(45)57-3)47(54)52-29-33(21-35(52)27-50-41)31-10-14-37(15-11-31)58-19-7-16-48/h8-15,22-29,34-35H,4-7,16-21,48H2,1-3H3. The summed E-state index contributed by atoms with van der Waals surface area (Å²) in [6, 6.07) is 22.3. The van der Waals surface area contributed by atoms with Crippen LogP contribution in [0.5, 0.6) is 34.5 Å². The zero-order valence-electron chi connectivity index (χ0n) is 34.1. The summed E-state index contributed by atoms with van der Waals surface area (Å²) in [4.78, 5) is 40.5. The lowest BCUT2D eigenvalue weighted by atomic mass is 10.0. The van der Waals surface area contributed by atoms with Crippen molar-refractivity contribution in [2.75, 3.05) is 47.7 Å². The molecule has 0 bridgehead atoms. The Labute approximate surface area is 349 Å². The maximum Gasteiger partial charge on any atom is 0.260 e. The molecule has 0 saturated heterocycles. The topological polar surface area (TPSA) is 147 Å². The second kappa shape index (κ2) is 18.1. The number of hydrogen-bond acceptors (Lipinski definition) is 11. The number of carbonyl (C=O) groups is 2. The minimum atomic E-state index is -0.200. The van der Waals surface area contributed by atoms with E-state index in [4.69, 9.17) is 44.1 Å². The van der Waals surface area contributed by atoms with Crippen molar-refractivity contribution in [3.63, 3.8) is 0 Å². The Hall–Kier alpha value is -6.60. The Morgan fingerprint density at radius 3 is 1.48 bits per heavy atom. The summed E-state index contributed by atoms with van der Waals surface area (Å²) in [6.07, 6.45) is 12.0. The van der Waals surface area contributed by atoms with Crippen molar-refractivity contribution in [1.82, 2.24) is 9.80 Å². The van der Waals surface area contributed by atoms with Crippen molar-refractivity contribution in [3.05, 3.63) is 107 Å². The normalized spacial score (nSPS) is 17.5. The van der Waals surface area contributed by atoms with Gasteiger partial charge in [-0.05, 0) is 90.9 Å². The summed E-state index contributed by atoms with van der Waals surface area (Å²) in [6.45, 7) is 2.05. The third kappa shape index (κ3) is 8.44. The van der Waals surface area contributed by atoms with Crippen LogP contribution in [-0.2, 0) is 0 Å². The van der Waals surface area contributed by atoms with Gasteiger partial charge in [0.05, 0.1) is 75.7 Å². The first-order valence-electron chi connectivity index (χ1n) is 20.3. The minimum Gasteiger partial charge on any atom is -0.497 e. The molecule has 4 aliphatic heterocycles. The lowest BCUT2D eigenvalue weighted by molar-refractivity contribution is 0.0809. The first-order valence-corrected chi connectivity index (χ1v) is 20.3. The highest BCUT2D eigenvalue weighted by atomic mass is 16.5. The van der Waals surface area contributed by atoms with Crippen LogP contribution in [0, 0.1) is 0 Å². The highest BCUT2D eigenvalue weighted by molar-refractivity contribution is 6.06. The Balaban J connectivity index is 0.835. The second-order valence-electron chi connectivity index (χ2n) is 14.9. The fraction of sp³-hybridized carbons (Fsp3) is 0.319. The van der Waals surface area contributed by atoms with Crippen molar-refractivity contribution in [3.8, 4) is 34.5 Å². The molecule has 13 nitrogen and oxygen atoms in total. The van der Waals surface area contributed by atoms with Gasteiger partial charge in [-0.1, -0.05) is 24.3 Å². The number of rotatable bonds is 17. The molecule has 13 heteroatoms. The Morgan fingerprint density at radius 2 is 1.03 bits per heavy atom. The Morgan fingerprint density at radius 1 is 0.567 bits per heavy atom. The summed E-state index contributed by atoms with van der Waals surface area (Å²) in [5, 5.41) is 0. The molecule has 0 aliphatic carbocycles. The van der Waals surface area contributed by atoms with Crippen molar-refractivity contribution in [2.24, 2.45) is 15.7 Å². The summed E-state index contributed by atoms with van der Waals surface area (Å²) in [7, 11) is 4.77. The first kappa shape index (κ1) is 40.2. The number of unbranched alkanes of at least 4 members (excludes halogenated alkanes) is 2. The molecule has 4 aromatic carbocycles. The molecule has 0 aromatic heterocycles. The zero-order chi connectivity index (χ0) is 41.6. The van der Waals surface area contributed by atoms with Crippen molar-refractivity contribution in [2.45, 2.75) is 50.6 Å². The number of nitrogens with two attached hydrogens (primary N) is 1. The van der Waals surface area contributed by atoms with Gasteiger partial charge in [0.15, 0.2) is 23.0 Å². The van der Waals surface area contributed by atoms with Gasteiger partial charge in [0.1, 0.15) is 11.5 Å². The molecule has 4 aliphatic rings. The van der Waals surface area contributed by atoms with E-state index in [0.29, 0.717) is 84.7 Å². The number of ether oxygens (including phenoxy) is 6. The number of carbonyl (C=O) groups excluding carboxylic acids is 2. The van der Waals surface area contributed by atoms with E-state index in [2.05, 4.69) is 0 Å². The molecule has 2 unspecified atom stereocenters. The SMILES string of the molecule is COc1ccc(C2=CN3C(=O)c4cc(OC)c(OCCCCCOc5cc6c(cc5OC)C(=O)N5C=C(c7ccc(OCCCN)cc7)CC5C=N6)cc4N=CC3C2)cc1. The quantitative estimate of drug-likeness (QED) is 0.105. The second-order valence-corrected chi connectivity index (χ2v) is 14.9. The van der Waals surface area contributed by atoms with Gasteiger partial charge >= 0.3 is 0 Å². The lowest BCUT2D eigenvalue weighted by Gasteiger charge is -2.19. The summed E-state index contributed by atoms with van der Waals surface area (Å²) < 4.78 is 34.7. The predicted octanol–water partition coefficient (Wildman–Crippen LogP) is 8.01. The highest BCUT2D eigenvalue weighted by Crippen LogP contribution is 2.42. The van der Waals surface area contributed by atoms with Crippen LogP contribution < -0.4 is 34.2 Å². The summed E-state index contributed by atoms with van der Waals surface area (Å²) in [5.74, 6) is 3.30. The predicted molar refractivity (Wildman–Crippen MR) is 231 cm³/mol. The van der Waals surface area contributed by atoms with Crippen molar-refractivity contribution >= 4 is 46.8 Å². The van der Waals surface area contributed by atoms with Gasteiger partial charge in [0.25, 0.3) is 11.8 Å². The molecule has 0 saturated carbocycles. The van der Waals surface area contributed by atoms with Crippen LogP contribution in [-0.4, -0.2) is 93.8 Å². The average Bonchev–Trinajstić information content (AvgIpc) is 3.86. The van der Waals surface area contributed by atoms with E-state index in [1.165, 1.54) is 0 Å². The van der Waals surface area contributed by atoms with Crippen LogP contribution in [0.4, 0.5) is 11.4 Å². The molecule has 60 heavy (non-hydrogen) atoms. The van der Waals surface area contributed by atoms with E-state index >= 15 is 0 Å². The van der Waals surface area contributed by atoms with E-state index in [0.717, 1.165) is 59.5 Å². The van der Waals surface area contributed by atoms with Crippen LogP contribution in [0.1, 0.15) is 70.4 Å². The molecule has 2 amide bonds. The number of aliphatic imine (C=N–C) groups is 2. The number of amides is 2. The minimum absolute atomic E-state index is 0.138. The van der Waals surface area contributed by atoms with Gasteiger partial charge in [-0.25, -0.2) is 0 Å². The maximum absolute atomic E-state index is 13.8. The van der Waals surface area contributed by atoms with Gasteiger partial charge in [0, 0.05) is 49.8 Å². The molecule has 0 radical (unpaired) electrons. The molecule has 8 rings (SSSR count). The van der Waals surface area contributed by atoms with E-state index in [1.54, 1.807) is 55.4 Å². The van der Waals surface area contributed by atoms with Gasteiger partial charge in [0.2, 0.25) is 0 Å². The molecule has 4 heterocycles. The molecule has 310 valence electrons. The van der Waals surface area contributed by atoms with Crippen LogP contribution in [0.3, 0.4) is 0 Å². The number of fused-ring (bicyclic) bond motifs is 4. The van der Waals surface area contributed by atoms with Crippen LogP contribution in [0.15, 0.2) is 95.2 Å². The van der Waals surface area contributed by atoms with E-state index in [-0.39, 0.29) is 23.9 Å².